The van der Waals surface area contributed by atoms with Crippen LogP contribution in [0, 0.1) is 0 Å². The molecule has 0 aromatic heterocycles. The van der Waals surface area contributed by atoms with Crippen molar-refractivity contribution in [3.8, 4) is 0 Å². The third-order valence-corrected chi connectivity index (χ3v) is 3.03. The average molecular weight is 208 g/mol. The first-order valence-electron chi connectivity index (χ1n) is 2.88. The minimum absolute atomic E-state index is 0.523. The standard InChI is InChI=1S/C6H8O4S2/c1-3(2)4(11-5(7)8)12-6(9)10/h4H,1H2,2H3,(H,7,8)(H,9,10). The lowest BCUT2D eigenvalue weighted by molar-refractivity contribution is 0.221. The molecule has 2 N–H and O–H groups in total. The summed E-state index contributed by atoms with van der Waals surface area (Å²) in [7, 11) is 0. The zero-order chi connectivity index (χ0) is 9.72. The van der Waals surface area contributed by atoms with Crippen LogP contribution in [-0.2, 0) is 0 Å². The van der Waals surface area contributed by atoms with E-state index in [0.29, 0.717) is 29.1 Å². The minimum atomic E-state index is -1.10. The third kappa shape index (κ3) is 5.09. The smallest absolute Gasteiger partial charge is 0.366 e. The van der Waals surface area contributed by atoms with Crippen molar-refractivity contribution in [2.75, 3.05) is 0 Å². The van der Waals surface area contributed by atoms with Gasteiger partial charge in [-0.3, -0.25) is 0 Å². The van der Waals surface area contributed by atoms with E-state index in [0.717, 1.165) is 0 Å². The van der Waals surface area contributed by atoms with E-state index < -0.39 is 15.2 Å². The Morgan fingerprint density at radius 3 is 1.75 bits per heavy atom. The molecule has 0 aliphatic carbocycles. The van der Waals surface area contributed by atoms with Crippen molar-refractivity contribution in [2.45, 2.75) is 11.5 Å². The summed E-state index contributed by atoms with van der Waals surface area (Å²) in [6.45, 7) is 5.09. The van der Waals surface area contributed by atoms with E-state index in [-0.39, 0.29) is 0 Å². The van der Waals surface area contributed by atoms with Gasteiger partial charge in [0.15, 0.2) is 0 Å². The molecule has 0 saturated carbocycles. The Morgan fingerprint density at radius 2 is 1.58 bits per heavy atom. The van der Waals surface area contributed by atoms with Crippen LogP contribution in [0.2, 0.25) is 0 Å². The average Bonchev–Trinajstić information content (AvgIpc) is 1.83. The number of hydrogen-bond donors (Lipinski definition) is 2. The SMILES string of the molecule is C=C(C)C(SC(=O)O)SC(=O)O. The fourth-order valence-corrected chi connectivity index (χ4v) is 1.86. The predicted molar refractivity (Wildman–Crippen MR) is 49.8 cm³/mol. The van der Waals surface area contributed by atoms with E-state index in [1.165, 1.54) is 0 Å². The van der Waals surface area contributed by atoms with Gasteiger partial charge in [-0.2, -0.15) is 0 Å². The summed E-state index contributed by atoms with van der Waals surface area (Å²) in [6, 6.07) is 0. The van der Waals surface area contributed by atoms with Gasteiger partial charge in [0.1, 0.15) is 0 Å². The molecule has 6 heteroatoms. The Balaban J connectivity index is 4.14. The molecule has 0 aliphatic rings. The molecule has 0 saturated heterocycles. The van der Waals surface area contributed by atoms with E-state index in [2.05, 4.69) is 6.58 Å². The van der Waals surface area contributed by atoms with Crippen molar-refractivity contribution in [3.05, 3.63) is 12.2 Å². The number of thioether (sulfide) groups is 2. The highest BCUT2D eigenvalue weighted by Crippen LogP contribution is 2.29. The van der Waals surface area contributed by atoms with Crippen LogP contribution >= 0.6 is 23.5 Å². The number of carbonyl (C=O) groups is 2. The molecule has 68 valence electrons. The first kappa shape index (κ1) is 11.4. The van der Waals surface area contributed by atoms with Gasteiger partial charge in [-0.25, -0.2) is 9.59 Å². The Kier molecular flexibility index (Phi) is 4.84. The molecular weight excluding hydrogens is 200 g/mol. The van der Waals surface area contributed by atoms with Gasteiger partial charge in [-0.15, -0.1) is 0 Å². The van der Waals surface area contributed by atoms with Gasteiger partial charge in [0, 0.05) is 0 Å². The first-order chi connectivity index (χ1) is 5.43. The van der Waals surface area contributed by atoms with Gasteiger partial charge in [0.05, 0.1) is 4.58 Å². The summed E-state index contributed by atoms with van der Waals surface area (Å²) >= 11 is 1.07. The van der Waals surface area contributed by atoms with Crippen LogP contribution in [0.3, 0.4) is 0 Å². The Bertz CT molecular complexity index is 198. The summed E-state index contributed by atoms with van der Waals surface area (Å²) in [6.07, 6.45) is 0. The maximum Gasteiger partial charge on any atom is 0.366 e. The van der Waals surface area contributed by atoms with E-state index in [1.807, 2.05) is 0 Å². The van der Waals surface area contributed by atoms with Crippen molar-refractivity contribution in [1.29, 1.82) is 0 Å². The van der Waals surface area contributed by atoms with Crippen LogP contribution in [0.4, 0.5) is 9.59 Å². The van der Waals surface area contributed by atoms with Crippen LogP contribution in [-0.4, -0.2) is 25.4 Å². The second kappa shape index (κ2) is 5.10. The maximum atomic E-state index is 10.2. The number of hydrogen-bond acceptors (Lipinski definition) is 4. The zero-order valence-corrected chi connectivity index (χ0v) is 7.94. The molecule has 0 amide bonds. The van der Waals surface area contributed by atoms with Crippen molar-refractivity contribution in [2.24, 2.45) is 0 Å². The molecule has 0 spiro atoms. The molecule has 0 unspecified atom stereocenters. The normalized spacial score (nSPS) is 9.83. The molecule has 0 atom stereocenters. The molecular formula is C6H8O4S2. The third-order valence-electron chi connectivity index (χ3n) is 0.818. The molecule has 0 aliphatic heterocycles. The van der Waals surface area contributed by atoms with E-state index in [1.54, 1.807) is 6.92 Å². The largest absolute Gasteiger partial charge is 0.473 e. The van der Waals surface area contributed by atoms with Crippen molar-refractivity contribution in [1.82, 2.24) is 0 Å². The predicted octanol–water partition coefficient (Wildman–Crippen LogP) is 2.71. The lowest BCUT2D eigenvalue weighted by Crippen LogP contribution is -2.04. The van der Waals surface area contributed by atoms with E-state index >= 15 is 0 Å². The zero-order valence-electron chi connectivity index (χ0n) is 6.31. The molecule has 0 heterocycles. The molecule has 0 fully saturated rings. The summed E-state index contributed by atoms with van der Waals surface area (Å²) in [4.78, 5) is 20.4. The van der Waals surface area contributed by atoms with Crippen LogP contribution in [0.5, 0.6) is 0 Å². The van der Waals surface area contributed by atoms with Gasteiger partial charge < -0.3 is 10.2 Å². The van der Waals surface area contributed by atoms with Crippen molar-refractivity contribution < 1.29 is 19.8 Å². The lowest BCUT2D eigenvalue weighted by atomic mass is 10.4. The van der Waals surface area contributed by atoms with Crippen LogP contribution < -0.4 is 0 Å². The summed E-state index contributed by atoms with van der Waals surface area (Å²) < 4.78 is -0.625. The summed E-state index contributed by atoms with van der Waals surface area (Å²) in [5, 5.41) is 14.5. The fourth-order valence-electron chi connectivity index (χ4n) is 0.408. The van der Waals surface area contributed by atoms with Crippen LogP contribution in [0.15, 0.2) is 12.2 Å². The Hall–Kier alpha value is -0.620. The minimum Gasteiger partial charge on any atom is -0.473 e. The van der Waals surface area contributed by atoms with Crippen molar-refractivity contribution in [3.63, 3.8) is 0 Å². The van der Waals surface area contributed by atoms with Gasteiger partial charge in [0.25, 0.3) is 0 Å². The first-order valence-corrected chi connectivity index (χ1v) is 4.64. The number of carboxylic acid groups (broad SMARTS) is 2. The monoisotopic (exact) mass is 208 g/mol. The van der Waals surface area contributed by atoms with Gasteiger partial charge in [-0.05, 0) is 30.4 Å². The van der Waals surface area contributed by atoms with Crippen LogP contribution in [0.1, 0.15) is 6.92 Å². The molecule has 0 aromatic carbocycles. The molecule has 0 radical (unpaired) electrons. The van der Waals surface area contributed by atoms with Gasteiger partial charge >= 0.3 is 10.6 Å². The molecule has 0 bridgehead atoms. The van der Waals surface area contributed by atoms with E-state index in [4.69, 9.17) is 10.2 Å². The molecule has 4 nitrogen and oxygen atoms in total. The maximum absolute atomic E-state index is 10.2. The van der Waals surface area contributed by atoms with Crippen LogP contribution in [0.25, 0.3) is 0 Å². The summed E-state index contributed by atoms with van der Waals surface area (Å²) in [5.74, 6) is 0. The van der Waals surface area contributed by atoms with Crippen molar-refractivity contribution >= 4 is 34.1 Å². The molecule has 0 aromatic rings. The highest BCUT2D eigenvalue weighted by molar-refractivity contribution is 8.29. The fraction of sp³-hybridized carbons (Fsp3) is 0.333. The van der Waals surface area contributed by atoms with Gasteiger partial charge in [-0.1, -0.05) is 12.2 Å². The quantitative estimate of drug-likeness (QED) is 0.548. The Morgan fingerprint density at radius 1 is 1.25 bits per heavy atom. The second-order valence-corrected chi connectivity index (χ2v) is 4.36. The topological polar surface area (TPSA) is 74.6 Å². The molecule has 12 heavy (non-hydrogen) atoms. The summed E-state index contributed by atoms with van der Waals surface area (Å²) in [5.41, 5.74) is 0.523. The lowest BCUT2D eigenvalue weighted by Gasteiger charge is -2.09. The molecule has 0 rings (SSSR count). The highest BCUT2D eigenvalue weighted by atomic mass is 32.2. The van der Waals surface area contributed by atoms with E-state index in [9.17, 15) is 9.59 Å². The highest BCUT2D eigenvalue weighted by Gasteiger charge is 2.18. The second-order valence-electron chi connectivity index (χ2n) is 1.95. The Labute approximate surface area is 78.0 Å². The van der Waals surface area contributed by atoms with Gasteiger partial charge in [0.2, 0.25) is 0 Å². The number of rotatable bonds is 3.